The predicted octanol–water partition coefficient (Wildman–Crippen LogP) is 5.01. The van der Waals surface area contributed by atoms with Gasteiger partial charge in [0.2, 0.25) is 0 Å². The Kier molecular flexibility index (Phi) is 8.33. The molecule has 5 rings (SSSR count). The summed E-state index contributed by atoms with van der Waals surface area (Å²) < 4.78 is 35.1. The van der Waals surface area contributed by atoms with E-state index in [0.29, 0.717) is 19.8 Å². The number of likely N-dealkylation sites (tertiary alicyclic amines) is 1. The van der Waals surface area contributed by atoms with Gasteiger partial charge in [-0.2, -0.15) is 0 Å². The molecule has 1 aliphatic rings. The van der Waals surface area contributed by atoms with Crippen molar-refractivity contribution in [2.45, 2.75) is 38.0 Å². The van der Waals surface area contributed by atoms with Crippen molar-refractivity contribution in [1.82, 2.24) is 14.0 Å². The fourth-order valence-electron chi connectivity index (χ4n) is 5.34. The SMILES string of the molecule is CO[C@@]1(COc2ccccc2F)CCCN(Cc2ccc(OCCn3c(=O)n(C)c4ccccc43)cc2)CC1. The van der Waals surface area contributed by atoms with Gasteiger partial charge in [-0.15, -0.1) is 0 Å². The number of aryl methyl sites for hydroxylation is 1. The van der Waals surface area contributed by atoms with Crippen LogP contribution < -0.4 is 15.2 Å². The topological polar surface area (TPSA) is 57.9 Å². The quantitative estimate of drug-likeness (QED) is 0.287. The number of hydrogen-bond donors (Lipinski definition) is 0. The van der Waals surface area contributed by atoms with Crippen LogP contribution in [0.2, 0.25) is 0 Å². The highest BCUT2D eigenvalue weighted by molar-refractivity contribution is 5.75. The normalized spacial score (nSPS) is 18.2. The van der Waals surface area contributed by atoms with Crippen molar-refractivity contribution >= 4 is 11.0 Å². The highest BCUT2D eigenvalue weighted by Crippen LogP contribution is 2.29. The van der Waals surface area contributed by atoms with Gasteiger partial charge in [0.1, 0.15) is 24.6 Å². The maximum Gasteiger partial charge on any atom is 0.328 e. The highest BCUT2D eigenvalue weighted by Gasteiger charge is 2.34. The smallest absolute Gasteiger partial charge is 0.328 e. The van der Waals surface area contributed by atoms with E-state index in [1.807, 2.05) is 36.4 Å². The van der Waals surface area contributed by atoms with E-state index in [2.05, 4.69) is 17.0 Å². The van der Waals surface area contributed by atoms with Gasteiger partial charge in [0.15, 0.2) is 11.6 Å². The van der Waals surface area contributed by atoms with Gasteiger partial charge in [0.25, 0.3) is 0 Å². The number of hydrogen-bond acceptors (Lipinski definition) is 5. The minimum Gasteiger partial charge on any atom is -0.492 e. The van der Waals surface area contributed by atoms with Crippen LogP contribution in [0.15, 0.2) is 77.6 Å². The molecule has 0 aliphatic carbocycles. The van der Waals surface area contributed by atoms with E-state index < -0.39 is 5.60 Å². The van der Waals surface area contributed by atoms with E-state index in [9.17, 15) is 9.18 Å². The fraction of sp³-hybridized carbons (Fsp3) is 0.387. The van der Waals surface area contributed by atoms with Crippen LogP contribution in [-0.4, -0.2) is 53.0 Å². The molecule has 7 nitrogen and oxygen atoms in total. The Morgan fingerprint density at radius 3 is 2.41 bits per heavy atom. The molecule has 0 spiro atoms. The molecule has 39 heavy (non-hydrogen) atoms. The molecule has 1 saturated heterocycles. The standard InChI is InChI=1S/C31H36FN3O4/c1-33-27-9-4-5-10-28(27)35(30(33)36)20-21-38-25-14-12-24(13-15-25)22-34-18-7-16-31(37-2,17-19-34)23-39-29-11-6-3-8-26(29)32/h3-6,8-15H,7,16-23H2,1-2H3/t31-/m0/s1. The minimum absolute atomic E-state index is 0.0381. The van der Waals surface area contributed by atoms with Gasteiger partial charge in [0, 0.05) is 27.2 Å². The largest absolute Gasteiger partial charge is 0.492 e. The molecular formula is C31H36FN3O4. The lowest BCUT2D eigenvalue weighted by Crippen LogP contribution is -2.39. The van der Waals surface area contributed by atoms with Crippen molar-refractivity contribution in [3.05, 3.63) is 94.7 Å². The summed E-state index contributed by atoms with van der Waals surface area (Å²) in [5.74, 6) is 0.696. The number of halogens is 1. The second kappa shape index (κ2) is 12.1. The number of aromatic nitrogens is 2. The number of rotatable bonds is 10. The van der Waals surface area contributed by atoms with Crippen molar-refractivity contribution in [2.24, 2.45) is 7.05 Å². The number of fused-ring (bicyclic) bond motifs is 1. The Bertz CT molecular complexity index is 1450. The molecule has 0 unspecified atom stereocenters. The molecule has 1 aromatic heterocycles. The molecule has 206 valence electrons. The number of methoxy groups -OCH3 is 1. The highest BCUT2D eigenvalue weighted by atomic mass is 19.1. The third-order valence-corrected chi connectivity index (χ3v) is 7.72. The summed E-state index contributed by atoms with van der Waals surface area (Å²) in [5, 5.41) is 0. The summed E-state index contributed by atoms with van der Waals surface area (Å²) in [7, 11) is 3.51. The van der Waals surface area contributed by atoms with Crippen LogP contribution in [0.4, 0.5) is 4.39 Å². The Hall–Kier alpha value is -3.62. The molecule has 1 atom stereocenters. The third-order valence-electron chi connectivity index (χ3n) is 7.72. The predicted molar refractivity (Wildman–Crippen MR) is 150 cm³/mol. The number of imidazole rings is 1. The summed E-state index contributed by atoms with van der Waals surface area (Å²) in [6, 6.07) is 22.4. The van der Waals surface area contributed by atoms with Crippen molar-refractivity contribution < 1.29 is 18.6 Å². The first-order chi connectivity index (χ1) is 19.0. The lowest BCUT2D eigenvalue weighted by atomic mass is 9.95. The molecule has 3 aromatic carbocycles. The first kappa shape index (κ1) is 27.0. The summed E-state index contributed by atoms with van der Waals surface area (Å²) >= 11 is 0. The third kappa shape index (κ3) is 6.18. The molecule has 0 N–H and O–H groups in total. The van der Waals surface area contributed by atoms with Gasteiger partial charge in [0.05, 0.1) is 17.6 Å². The maximum atomic E-state index is 14.0. The Morgan fingerprint density at radius 2 is 1.64 bits per heavy atom. The van der Waals surface area contributed by atoms with Gasteiger partial charge >= 0.3 is 5.69 Å². The molecule has 1 aliphatic heterocycles. The van der Waals surface area contributed by atoms with E-state index in [1.54, 1.807) is 41.5 Å². The van der Waals surface area contributed by atoms with Crippen molar-refractivity contribution in [3.63, 3.8) is 0 Å². The van der Waals surface area contributed by atoms with Gasteiger partial charge in [-0.25, -0.2) is 9.18 Å². The van der Waals surface area contributed by atoms with Crippen LogP contribution in [0.5, 0.6) is 11.5 Å². The molecule has 8 heteroatoms. The van der Waals surface area contributed by atoms with Crippen LogP contribution in [0.25, 0.3) is 11.0 Å². The molecule has 1 fully saturated rings. The molecule has 0 bridgehead atoms. The van der Waals surface area contributed by atoms with E-state index >= 15 is 0 Å². The average molecular weight is 534 g/mol. The van der Waals surface area contributed by atoms with Crippen LogP contribution in [0, 0.1) is 5.82 Å². The summed E-state index contributed by atoms with van der Waals surface area (Å²) in [4.78, 5) is 15.0. The van der Waals surface area contributed by atoms with Crippen LogP contribution >= 0.6 is 0 Å². The molecule has 2 heterocycles. The zero-order chi connectivity index (χ0) is 27.2. The number of nitrogens with zero attached hydrogens (tertiary/aromatic N) is 3. The minimum atomic E-state index is -0.430. The summed E-state index contributed by atoms with van der Waals surface area (Å²) in [5.41, 5.74) is 2.57. The van der Waals surface area contributed by atoms with Gasteiger partial charge < -0.3 is 14.2 Å². The van der Waals surface area contributed by atoms with Crippen LogP contribution in [0.1, 0.15) is 24.8 Å². The monoisotopic (exact) mass is 533 g/mol. The van der Waals surface area contributed by atoms with Crippen LogP contribution in [0.3, 0.4) is 0 Å². The van der Waals surface area contributed by atoms with E-state index in [-0.39, 0.29) is 17.3 Å². The maximum absolute atomic E-state index is 14.0. The summed E-state index contributed by atoms with van der Waals surface area (Å²) in [6.45, 7) is 3.88. The van der Waals surface area contributed by atoms with Gasteiger partial charge in [-0.05, 0) is 67.8 Å². The first-order valence-corrected chi connectivity index (χ1v) is 13.5. The Balaban J connectivity index is 1.12. The first-order valence-electron chi connectivity index (χ1n) is 13.5. The molecular weight excluding hydrogens is 497 g/mol. The lowest BCUT2D eigenvalue weighted by Gasteiger charge is -2.31. The van der Waals surface area contributed by atoms with E-state index in [1.165, 1.54) is 11.6 Å². The fourth-order valence-corrected chi connectivity index (χ4v) is 5.34. The Labute approximate surface area is 228 Å². The summed E-state index contributed by atoms with van der Waals surface area (Å²) in [6.07, 6.45) is 2.65. The zero-order valence-electron chi connectivity index (χ0n) is 22.6. The molecule has 0 amide bonds. The van der Waals surface area contributed by atoms with Crippen molar-refractivity contribution in [1.29, 1.82) is 0 Å². The van der Waals surface area contributed by atoms with E-state index in [0.717, 1.165) is 55.7 Å². The number of para-hydroxylation sites is 3. The second-order valence-corrected chi connectivity index (χ2v) is 10.2. The molecule has 0 saturated carbocycles. The average Bonchev–Trinajstić information content (AvgIpc) is 3.08. The number of benzene rings is 3. The lowest BCUT2D eigenvalue weighted by molar-refractivity contribution is -0.0548. The van der Waals surface area contributed by atoms with E-state index in [4.69, 9.17) is 14.2 Å². The van der Waals surface area contributed by atoms with Crippen LogP contribution in [-0.2, 0) is 24.9 Å². The second-order valence-electron chi connectivity index (χ2n) is 10.2. The molecule has 0 radical (unpaired) electrons. The van der Waals surface area contributed by atoms with Crippen molar-refractivity contribution in [3.8, 4) is 11.5 Å². The van der Waals surface area contributed by atoms with Crippen molar-refractivity contribution in [2.75, 3.05) is 33.4 Å². The number of ether oxygens (including phenoxy) is 3. The Morgan fingerprint density at radius 1 is 0.897 bits per heavy atom. The van der Waals surface area contributed by atoms with Gasteiger partial charge in [-0.1, -0.05) is 36.4 Å². The zero-order valence-corrected chi connectivity index (χ0v) is 22.6. The molecule has 4 aromatic rings. The van der Waals surface area contributed by atoms with Gasteiger partial charge in [-0.3, -0.25) is 14.0 Å².